The molecule has 27 heavy (non-hydrogen) atoms. The number of nitrogens with zero attached hydrogens (tertiary/aromatic N) is 1. The molecule has 1 atom stereocenters. The summed E-state index contributed by atoms with van der Waals surface area (Å²) in [6, 6.07) is 8.00. The van der Waals surface area contributed by atoms with Crippen molar-refractivity contribution in [3.63, 3.8) is 0 Å². The third kappa shape index (κ3) is 12.0. The Morgan fingerprint density at radius 1 is 1.15 bits per heavy atom. The number of rotatable bonds is 10. The monoisotopic (exact) mass is 503 g/mol. The standard InChI is InChI=1S/C18H28F3N3O2.HI/c1-14(15-5-7-16(25-3)8-6-15)9-11-24-17(22-2)23-10-4-12-26-13-18(19,20)21;/h5-8,14H,4,9-13H2,1-3H3,(H2,22,23,24);1H. The maximum Gasteiger partial charge on any atom is 0.411 e. The Morgan fingerprint density at radius 2 is 1.78 bits per heavy atom. The van der Waals surface area contributed by atoms with Crippen LogP contribution < -0.4 is 15.4 Å². The zero-order valence-electron chi connectivity index (χ0n) is 15.9. The van der Waals surface area contributed by atoms with Gasteiger partial charge in [-0.05, 0) is 36.5 Å². The van der Waals surface area contributed by atoms with Gasteiger partial charge in [0.25, 0.3) is 0 Å². The fourth-order valence-electron chi connectivity index (χ4n) is 2.30. The summed E-state index contributed by atoms with van der Waals surface area (Å²) in [5.74, 6) is 1.84. The predicted molar refractivity (Wildman–Crippen MR) is 112 cm³/mol. The second-order valence-corrected chi connectivity index (χ2v) is 5.91. The summed E-state index contributed by atoms with van der Waals surface area (Å²) in [5, 5.41) is 6.26. The number of hydrogen-bond donors (Lipinski definition) is 2. The second-order valence-electron chi connectivity index (χ2n) is 5.91. The fraction of sp³-hybridized carbons (Fsp3) is 0.611. The zero-order chi connectivity index (χ0) is 19.4. The molecule has 0 amide bonds. The Bertz CT molecular complexity index is 540. The van der Waals surface area contributed by atoms with Crippen LogP contribution in [0.3, 0.4) is 0 Å². The van der Waals surface area contributed by atoms with E-state index in [1.54, 1.807) is 14.2 Å². The van der Waals surface area contributed by atoms with Gasteiger partial charge in [-0.25, -0.2) is 0 Å². The molecule has 9 heteroatoms. The van der Waals surface area contributed by atoms with Crippen molar-refractivity contribution in [2.45, 2.75) is 31.9 Å². The summed E-state index contributed by atoms with van der Waals surface area (Å²) >= 11 is 0. The number of aliphatic imine (C=N–C) groups is 1. The van der Waals surface area contributed by atoms with E-state index in [0.717, 1.165) is 18.7 Å². The lowest BCUT2D eigenvalue weighted by molar-refractivity contribution is -0.173. The van der Waals surface area contributed by atoms with Crippen molar-refractivity contribution in [3.05, 3.63) is 29.8 Å². The molecule has 1 rings (SSSR count). The van der Waals surface area contributed by atoms with Gasteiger partial charge in [-0.3, -0.25) is 4.99 Å². The molecule has 0 spiro atoms. The molecular formula is C18H29F3IN3O2. The van der Waals surface area contributed by atoms with E-state index in [9.17, 15) is 13.2 Å². The Morgan fingerprint density at radius 3 is 2.33 bits per heavy atom. The van der Waals surface area contributed by atoms with Crippen molar-refractivity contribution in [2.75, 3.05) is 40.5 Å². The normalized spacial score (nSPS) is 12.9. The van der Waals surface area contributed by atoms with Crippen LogP contribution in [0.1, 0.15) is 31.2 Å². The molecule has 0 fully saturated rings. The summed E-state index contributed by atoms with van der Waals surface area (Å²) in [6.45, 7) is 2.22. The smallest absolute Gasteiger partial charge is 0.411 e. The number of guanidine groups is 1. The number of nitrogens with one attached hydrogen (secondary N) is 2. The molecule has 1 aromatic rings. The first-order valence-corrected chi connectivity index (χ1v) is 8.58. The van der Waals surface area contributed by atoms with E-state index in [0.29, 0.717) is 24.8 Å². The molecule has 1 unspecified atom stereocenters. The fourth-order valence-corrected chi connectivity index (χ4v) is 2.30. The Balaban J connectivity index is 0.00000676. The van der Waals surface area contributed by atoms with Crippen LogP contribution >= 0.6 is 24.0 Å². The average Bonchev–Trinajstić information content (AvgIpc) is 2.62. The van der Waals surface area contributed by atoms with Crippen LogP contribution in [0.4, 0.5) is 13.2 Å². The number of halogens is 4. The van der Waals surface area contributed by atoms with E-state index in [4.69, 9.17) is 4.74 Å². The molecule has 0 aromatic heterocycles. The molecule has 0 aliphatic heterocycles. The minimum Gasteiger partial charge on any atom is -0.497 e. The number of ether oxygens (including phenoxy) is 2. The van der Waals surface area contributed by atoms with Crippen LogP contribution in [0.25, 0.3) is 0 Å². The highest BCUT2D eigenvalue weighted by Gasteiger charge is 2.27. The molecule has 0 bridgehead atoms. The van der Waals surface area contributed by atoms with Gasteiger partial charge in [0.2, 0.25) is 0 Å². The van der Waals surface area contributed by atoms with Gasteiger partial charge < -0.3 is 20.1 Å². The molecule has 2 N–H and O–H groups in total. The summed E-state index contributed by atoms with van der Waals surface area (Å²) in [5.41, 5.74) is 1.23. The number of methoxy groups -OCH3 is 1. The summed E-state index contributed by atoms with van der Waals surface area (Å²) in [4.78, 5) is 4.09. The summed E-state index contributed by atoms with van der Waals surface area (Å²) in [7, 11) is 3.30. The maximum atomic E-state index is 11.9. The molecule has 0 saturated carbocycles. The van der Waals surface area contributed by atoms with Crippen molar-refractivity contribution < 1.29 is 22.6 Å². The Hall–Kier alpha value is -1.23. The molecule has 5 nitrogen and oxygen atoms in total. The SMILES string of the molecule is CN=C(NCCCOCC(F)(F)F)NCCC(C)c1ccc(OC)cc1.I. The predicted octanol–water partition coefficient (Wildman–Crippen LogP) is 3.94. The summed E-state index contributed by atoms with van der Waals surface area (Å²) in [6.07, 6.45) is -2.88. The van der Waals surface area contributed by atoms with Crippen LogP contribution in [0.5, 0.6) is 5.75 Å². The quantitative estimate of drug-likeness (QED) is 0.220. The van der Waals surface area contributed by atoms with Crippen LogP contribution in [0.2, 0.25) is 0 Å². The van der Waals surface area contributed by atoms with Gasteiger partial charge in [0.05, 0.1) is 7.11 Å². The van der Waals surface area contributed by atoms with E-state index >= 15 is 0 Å². The van der Waals surface area contributed by atoms with Gasteiger partial charge in [0, 0.05) is 26.7 Å². The number of hydrogen-bond acceptors (Lipinski definition) is 3. The third-order valence-electron chi connectivity index (χ3n) is 3.80. The Kier molecular flexibility index (Phi) is 13.2. The molecule has 0 aliphatic carbocycles. The van der Waals surface area contributed by atoms with Gasteiger partial charge in [-0.1, -0.05) is 19.1 Å². The first-order valence-electron chi connectivity index (χ1n) is 8.58. The van der Waals surface area contributed by atoms with E-state index < -0.39 is 12.8 Å². The first kappa shape index (κ1) is 25.8. The van der Waals surface area contributed by atoms with Crippen molar-refractivity contribution in [2.24, 2.45) is 4.99 Å². The number of benzene rings is 1. The van der Waals surface area contributed by atoms with Crippen molar-refractivity contribution >= 4 is 29.9 Å². The molecular weight excluding hydrogens is 474 g/mol. The maximum absolute atomic E-state index is 11.9. The van der Waals surface area contributed by atoms with E-state index in [-0.39, 0.29) is 30.6 Å². The largest absolute Gasteiger partial charge is 0.497 e. The second kappa shape index (κ2) is 13.9. The van der Waals surface area contributed by atoms with Crippen LogP contribution in [-0.2, 0) is 4.74 Å². The van der Waals surface area contributed by atoms with E-state index in [1.807, 2.05) is 12.1 Å². The molecule has 0 saturated heterocycles. The zero-order valence-corrected chi connectivity index (χ0v) is 18.3. The molecule has 0 radical (unpaired) electrons. The van der Waals surface area contributed by atoms with Gasteiger partial charge in [-0.2, -0.15) is 13.2 Å². The third-order valence-corrected chi connectivity index (χ3v) is 3.80. The molecule has 0 aliphatic rings. The van der Waals surface area contributed by atoms with Gasteiger partial charge in [-0.15, -0.1) is 24.0 Å². The van der Waals surface area contributed by atoms with Crippen LogP contribution in [-0.4, -0.2) is 52.6 Å². The van der Waals surface area contributed by atoms with E-state index in [1.165, 1.54) is 5.56 Å². The molecule has 1 aromatic carbocycles. The lowest BCUT2D eigenvalue weighted by Crippen LogP contribution is -2.38. The molecule has 156 valence electrons. The van der Waals surface area contributed by atoms with Crippen LogP contribution in [0, 0.1) is 0 Å². The van der Waals surface area contributed by atoms with Crippen molar-refractivity contribution in [1.29, 1.82) is 0 Å². The molecule has 0 heterocycles. The van der Waals surface area contributed by atoms with Gasteiger partial charge in [0.1, 0.15) is 12.4 Å². The van der Waals surface area contributed by atoms with Crippen LogP contribution in [0.15, 0.2) is 29.3 Å². The lowest BCUT2D eigenvalue weighted by Gasteiger charge is -2.15. The Labute approximate surface area is 176 Å². The highest BCUT2D eigenvalue weighted by Crippen LogP contribution is 2.21. The topological polar surface area (TPSA) is 54.9 Å². The van der Waals surface area contributed by atoms with Crippen molar-refractivity contribution in [3.8, 4) is 5.75 Å². The first-order chi connectivity index (χ1) is 12.4. The minimum absolute atomic E-state index is 0. The van der Waals surface area contributed by atoms with Gasteiger partial charge in [0.15, 0.2) is 5.96 Å². The van der Waals surface area contributed by atoms with Crippen molar-refractivity contribution in [1.82, 2.24) is 10.6 Å². The number of alkyl halides is 3. The highest BCUT2D eigenvalue weighted by atomic mass is 127. The van der Waals surface area contributed by atoms with Gasteiger partial charge >= 0.3 is 6.18 Å². The minimum atomic E-state index is -4.27. The van der Waals surface area contributed by atoms with E-state index in [2.05, 4.69) is 39.4 Å². The lowest BCUT2D eigenvalue weighted by atomic mass is 9.98. The average molecular weight is 503 g/mol. The highest BCUT2D eigenvalue weighted by molar-refractivity contribution is 14.0. The summed E-state index contributed by atoms with van der Waals surface area (Å²) < 4.78 is 45.5.